The molecule has 2 aromatic rings. The summed E-state index contributed by atoms with van der Waals surface area (Å²) in [5.74, 6) is -4.45. The lowest BCUT2D eigenvalue weighted by atomic mass is 9.98. The molecule has 6 rings (SSSR count). The van der Waals surface area contributed by atoms with Gasteiger partial charge in [-0.15, -0.1) is 0 Å². The van der Waals surface area contributed by atoms with E-state index in [1.807, 2.05) is 0 Å². The Balaban J connectivity index is 1.33. The van der Waals surface area contributed by atoms with E-state index in [1.165, 1.54) is 39.4 Å². The van der Waals surface area contributed by atoms with Gasteiger partial charge in [0.1, 0.15) is 103 Å². The lowest BCUT2D eigenvalue weighted by Gasteiger charge is -2.43. The number of phenolic OH excluding ortho intramolecular Hbond substituents is 2. The second kappa shape index (κ2) is 19.3. The molecule has 0 amide bonds. The fourth-order valence-electron chi connectivity index (χ4n) is 6.97. The number of esters is 1. The monoisotopic (exact) mass is 888 g/mol. The van der Waals surface area contributed by atoms with Gasteiger partial charge in [0.05, 0.1) is 32.5 Å². The normalized spacial score (nSPS) is 35.7. The number of fused-ring (bicyclic) bond motifs is 1. The van der Waals surface area contributed by atoms with Crippen LogP contribution in [0.3, 0.4) is 0 Å². The molecule has 0 saturated carbocycles. The smallest absolute Gasteiger partial charge is 0.317 e. The van der Waals surface area contributed by atoms with Crippen molar-refractivity contribution >= 4 is 18.0 Å². The van der Waals surface area contributed by atoms with Crippen LogP contribution in [0.5, 0.6) is 34.5 Å². The van der Waals surface area contributed by atoms with Crippen molar-refractivity contribution in [2.75, 3.05) is 27.4 Å². The topological polar surface area (TPSA) is 369 Å². The Kier molecular flexibility index (Phi) is 14.5. The zero-order chi connectivity index (χ0) is 45.3. The summed E-state index contributed by atoms with van der Waals surface area (Å²) in [7, 11) is 2.52. The molecule has 4 aliphatic heterocycles. The van der Waals surface area contributed by atoms with Gasteiger partial charge < -0.3 is 109 Å². The van der Waals surface area contributed by atoms with Gasteiger partial charge in [0.2, 0.25) is 18.3 Å². The second-order valence-electron chi connectivity index (χ2n) is 14.7. The lowest BCUT2D eigenvalue weighted by Crippen LogP contribution is -2.61. The first-order chi connectivity index (χ1) is 29.3. The van der Waals surface area contributed by atoms with E-state index < -0.39 is 141 Å². The van der Waals surface area contributed by atoms with E-state index in [2.05, 4.69) is 0 Å². The van der Waals surface area contributed by atoms with E-state index in [1.54, 1.807) is 0 Å². The number of ether oxygens (including phenoxy) is 10. The number of aliphatic hydroxyl groups excluding tert-OH is 9. The number of rotatable bonds is 14. The Bertz CT molecular complexity index is 1920. The number of aliphatic hydroxyl groups is 9. The summed E-state index contributed by atoms with van der Waals surface area (Å²) in [4.78, 5) is 22.8. The molecule has 3 saturated heterocycles. The average Bonchev–Trinajstić information content (AvgIpc) is 3.23. The number of hydrogen-bond donors (Lipinski definition) is 12. The van der Waals surface area contributed by atoms with Crippen LogP contribution in [0.2, 0.25) is 0 Å². The molecule has 0 spiro atoms. The quantitative estimate of drug-likeness (QED) is 0.0646. The molecule has 16 atom stereocenters. The lowest BCUT2D eigenvalue weighted by molar-refractivity contribution is -0.324. The highest BCUT2D eigenvalue weighted by molar-refractivity contribution is 5.90. The predicted octanol–water partition coefficient (Wildman–Crippen LogP) is -3.54. The molecular weight excluding hydrogens is 840 g/mol. The van der Waals surface area contributed by atoms with E-state index in [4.69, 9.17) is 52.5 Å². The van der Waals surface area contributed by atoms with Crippen LogP contribution in [0.1, 0.15) is 30.6 Å². The van der Waals surface area contributed by atoms with Gasteiger partial charge in [-0.05, 0) is 25.1 Å². The van der Waals surface area contributed by atoms with Crippen LogP contribution in [0.4, 0.5) is 0 Å². The Hall–Kier alpha value is -4.80. The molecule has 62 heavy (non-hydrogen) atoms. The fraction of sp³-hybridized carbons (Fsp3) is 0.579. The van der Waals surface area contributed by atoms with E-state index in [0.717, 1.165) is 12.1 Å². The molecule has 0 aromatic heterocycles. The highest BCUT2D eigenvalue weighted by Crippen LogP contribution is 2.48. The van der Waals surface area contributed by atoms with Gasteiger partial charge in [-0.2, -0.15) is 0 Å². The number of carboxylic acid groups (broad SMARTS) is 1. The van der Waals surface area contributed by atoms with Crippen molar-refractivity contribution in [1.29, 1.82) is 0 Å². The minimum atomic E-state index is -1.97. The largest absolute Gasteiger partial charge is 0.508 e. The zero-order valence-electron chi connectivity index (χ0n) is 33.0. The van der Waals surface area contributed by atoms with Crippen LogP contribution in [-0.4, -0.2) is 193 Å². The maximum atomic E-state index is 11.9. The third kappa shape index (κ3) is 9.71. The molecule has 344 valence electrons. The molecule has 0 radical (unpaired) electrons. The van der Waals surface area contributed by atoms with Gasteiger partial charge in [0.25, 0.3) is 0 Å². The van der Waals surface area contributed by atoms with Gasteiger partial charge in [-0.3, -0.25) is 9.59 Å². The average molecular weight is 889 g/mol. The summed E-state index contributed by atoms with van der Waals surface area (Å²) in [6.07, 6.45) is -26.8. The van der Waals surface area contributed by atoms with Crippen molar-refractivity contribution in [2.45, 2.75) is 112 Å². The fourth-order valence-corrected chi connectivity index (χ4v) is 6.97. The number of carbonyl (C=O) groups is 2. The summed E-state index contributed by atoms with van der Waals surface area (Å²) in [6, 6.07) is 4.86. The van der Waals surface area contributed by atoms with Crippen molar-refractivity contribution in [2.24, 2.45) is 0 Å². The molecule has 12 N–H and O–H groups in total. The third-order valence-electron chi connectivity index (χ3n) is 10.5. The Morgan fingerprint density at radius 2 is 1.19 bits per heavy atom. The number of hydrogen-bond acceptors (Lipinski definition) is 23. The second-order valence-corrected chi connectivity index (χ2v) is 14.7. The summed E-state index contributed by atoms with van der Waals surface area (Å²) in [6.45, 7) is 0.0156. The molecule has 4 aliphatic rings. The summed E-state index contributed by atoms with van der Waals surface area (Å²) in [5, 5.41) is 126. The summed E-state index contributed by atoms with van der Waals surface area (Å²) < 4.78 is 56.3. The van der Waals surface area contributed by atoms with Gasteiger partial charge in [-0.25, -0.2) is 0 Å². The van der Waals surface area contributed by atoms with Gasteiger partial charge in [-0.1, -0.05) is 0 Å². The summed E-state index contributed by atoms with van der Waals surface area (Å²) in [5.41, 5.74) is 0.100. The van der Waals surface area contributed by atoms with Gasteiger partial charge in [0.15, 0.2) is 23.9 Å². The predicted molar refractivity (Wildman–Crippen MR) is 197 cm³/mol. The van der Waals surface area contributed by atoms with Gasteiger partial charge >= 0.3 is 11.9 Å². The highest BCUT2D eigenvalue weighted by atomic mass is 16.7. The first kappa shape index (κ1) is 46.7. The molecule has 24 nitrogen and oxygen atoms in total. The molecule has 3 fully saturated rings. The first-order valence-corrected chi connectivity index (χ1v) is 18.9. The first-order valence-electron chi connectivity index (χ1n) is 18.9. The molecule has 1 unspecified atom stereocenters. The summed E-state index contributed by atoms with van der Waals surface area (Å²) >= 11 is 0. The van der Waals surface area contributed by atoms with Crippen LogP contribution in [0.25, 0.3) is 6.08 Å². The SMILES string of the molecule is COc1cc(C2Oc3cc(O)cc(O[C@@H]4O[C@@H](COC(=O)CC(=O)O)[C@@H](O)[C@H](O)[C@H]4O)c3C=C2O[C@@H]2O[C@H](CO[C@@H]3O[C@H](C)[C@H](O)[C@H](O)[C@@H]3O)[C@@H](O)[C@@H](O)[C@H]2O)cc(OC)c1O. The number of benzene rings is 2. The number of aromatic hydroxyl groups is 2. The molecule has 4 heterocycles. The minimum Gasteiger partial charge on any atom is -0.508 e. The van der Waals surface area contributed by atoms with E-state index >= 15 is 0 Å². The van der Waals surface area contributed by atoms with E-state index in [-0.39, 0.29) is 39.9 Å². The number of phenols is 2. The molecule has 24 heteroatoms. The Morgan fingerprint density at radius 3 is 1.77 bits per heavy atom. The standard InChI is InChI=1S/C38H48O24/c1-12-25(43)29(47)32(50)36(57-12)56-11-22-28(46)31(49)34(52)38(62-22)60-20-8-15-16(58-35(20)13-4-18(53-2)26(44)19(5-13)54-3)6-14(39)7-17(15)59-37-33(51)30(48)27(45)21(61-37)10-55-24(42)9-23(40)41/h4-8,12,21-22,25,27-39,43-52H,9-11H2,1-3H3,(H,40,41)/t12-,21+,22-,25+,27-,28-,29+,30+,31-,32+,33-,34-,35?,36-,37-,38-/m1/s1. The van der Waals surface area contributed by atoms with E-state index in [0.29, 0.717) is 0 Å². The van der Waals surface area contributed by atoms with Crippen LogP contribution < -0.4 is 18.9 Å². The van der Waals surface area contributed by atoms with Crippen LogP contribution in [-0.2, 0) is 38.0 Å². The van der Waals surface area contributed by atoms with E-state index in [9.17, 15) is 65.8 Å². The number of carbonyl (C=O) groups excluding carboxylic acids is 1. The molecule has 0 bridgehead atoms. The molecular formula is C38H48O24. The molecule has 0 aliphatic carbocycles. The number of aliphatic carboxylic acids is 1. The maximum absolute atomic E-state index is 11.9. The highest BCUT2D eigenvalue weighted by Gasteiger charge is 2.49. The number of methoxy groups -OCH3 is 2. The minimum absolute atomic E-state index is 0.0586. The van der Waals surface area contributed by atoms with Gasteiger partial charge in [0, 0.05) is 17.7 Å². The van der Waals surface area contributed by atoms with Crippen molar-refractivity contribution in [1.82, 2.24) is 0 Å². The van der Waals surface area contributed by atoms with Crippen LogP contribution in [0.15, 0.2) is 30.0 Å². The maximum Gasteiger partial charge on any atom is 0.317 e. The van der Waals surface area contributed by atoms with Crippen LogP contribution in [0, 0.1) is 0 Å². The molecule has 2 aromatic carbocycles. The van der Waals surface area contributed by atoms with Crippen molar-refractivity contribution < 1.29 is 118 Å². The van der Waals surface area contributed by atoms with Crippen molar-refractivity contribution in [3.8, 4) is 34.5 Å². The Morgan fingerprint density at radius 1 is 0.645 bits per heavy atom. The number of carboxylic acids is 1. The van der Waals surface area contributed by atoms with Crippen molar-refractivity contribution in [3.05, 3.63) is 41.2 Å². The van der Waals surface area contributed by atoms with Crippen molar-refractivity contribution in [3.63, 3.8) is 0 Å². The van der Waals surface area contributed by atoms with Crippen LogP contribution >= 0.6 is 0 Å². The Labute approximate surface area is 350 Å². The zero-order valence-corrected chi connectivity index (χ0v) is 33.0. The third-order valence-corrected chi connectivity index (χ3v) is 10.5.